The van der Waals surface area contributed by atoms with E-state index in [0.29, 0.717) is 25.0 Å². The van der Waals surface area contributed by atoms with E-state index in [2.05, 4.69) is 19.2 Å². The second-order valence-corrected chi connectivity index (χ2v) is 7.88. The lowest BCUT2D eigenvalue weighted by atomic mass is 9.90. The van der Waals surface area contributed by atoms with E-state index in [4.69, 9.17) is 10.5 Å². The summed E-state index contributed by atoms with van der Waals surface area (Å²) in [6, 6.07) is 8.02. The van der Waals surface area contributed by atoms with Gasteiger partial charge >= 0.3 is 0 Å². The molecule has 2 rings (SSSR count). The standard InChI is InChI=1S/C20H32N2O2.ClH/c1-14(2)13-24-17-10-8-16(9-11-17)20(3,4)22-19(23)18-7-5-6-15(18)12-21;/h8-11,14-15,18H,5-7,12-13,21H2,1-4H3,(H,22,23);1H/t15-,18-;/m1./s1. The molecule has 0 spiro atoms. The van der Waals surface area contributed by atoms with E-state index in [1.807, 2.05) is 38.1 Å². The molecule has 1 aliphatic rings. The van der Waals surface area contributed by atoms with Crippen LogP contribution in [0.1, 0.15) is 52.5 Å². The number of nitrogens with two attached hydrogens (primary N) is 1. The van der Waals surface area contributed by atoms with E-state index in [0.717, 1.165) is 30.6 Å². The van der Waals surface area contributed by atoms with Crippen molar-refractivity contribution in [2.24, 2.45) is 23.5 Å². The number of amides is 1. The molecule has 0 radical (unpaired) electrons. The molecule has 0 bridgehead atoms. The zero-order chi connectivity index (χ0) is 17.7. The molecular formula is C20H33ClN2O2. The molecule has 1 aliphatic carbocycles. The zero-order valence-electron chi connectivity index (χ0n) is 15.9. The molecule has 0 aliphatic heterocycles. The molecule has 5 heteroatoms. The van der Waals surface area contributed by atoms with Gasteiger partial charge in [-0.25, -0.2) is 0 Å². The first-order valence-corrected chi connectivity index (χ1v) is 9.09. The SMILES string of the molecule is CC(C)COc1ccc(C(C)(C)NC(=O)[C@@H]2CCC[C@@H]2CN)cc1.Cl. The van der Waals surface area contributed by atoms with Gasteiger partial charge in [0.05, 0.1) is 12.1 Å². The van der Waals surface area contributed by atoms with Crippen LogP contribution >= 0.6 is 12.4 Å². The van der Waals surface area contributed by atoms with Gasteiger partial charge < -0.3 is 15.8 Å². The lowest BCUT2D eigenvalue weighted by Crippen LogP contribution is -2.45. The van der Waals surface area contributed by atoms with Gasteiger partial charge in [-0.1, -0.05) is 32.4 Å². The third-order valence-corrected chi connectivity index (χ3v) is 4.89. The average molecular weight is 369 g/mol. The summed E-state index contributed by atoms with van der Waals surface area (Å²) in [7, 11) is 0. The van der Waals surface area contributed by atoms with Gasteiger partial charge in [0.25, 0.3) is 0 Å². The van der Waals surface area contributed by atoms with Crippen molar-refractivity contribution in [2.75, 3.05) is 13.2 Å². The Hall–Kier alpha value is -1.26. The van der Waals surface area contributed by atoms with Crippen LogP contribution in [0.15, 0.2) is 24.3 Å². The molecule has 1 amide bonds. The Morgan fingerprint density at radius 3 is 2.48 bits per heavy atom. The highest BCUT2D eigenvalue weighted by Crippen LogP contribution is 2.32. The maximum Gasteiger partial charge on any atom is 0.224 e. The van der Waals surface area contributed by atoms with Crippen LogP contribution in [0.2, 0.25) is 0 Å². The van der Waals surface area contributed by atoms with Crippen LogP contribution < -0.4 is 15.8 Å². The highest BCUT2D eigenvalue weighted by atomic mass is 35.5. The summed E-state index contributed by atoms with van der Waals surface area (Å²) in [4.78, 5) is 12.7. The van der Waals surface area contributed by atoms with Crippen molar-refractivity contribution >= 4 is 18.3 Å². The largest absolute Gasteiger partial charge is 0.493 e. The number of carbonyl (C=O) groups excluding carboxylic acids is 1. The average Bonchev–Trinajstić information content (AvgIpc) is 3.01. The van der Waals surface area contributed by atoms with Crippen molar-refractivity contribution < 1.29 is 9.53 Å². The molecular weight excluding hydrogens is 336 g/mol. The van der Waals surface area contributed by atoms with E-state index in [-0.39, 0.29) is 24.2 Å². The first kappa shape index (κ1) is 21.8. The highest BCUT2D eigenvalue weighted by Gasteiger charge is 2.34. The third kappa shape index (κ3) is 5.89. The van der Waals surface area contributed by atoms with Crippen LogP contribution in [-0.2, 0) is 10.3 Å². The second kappa shape index (κ2) is 9.44. The first-order valence-electron chi connectivity index (χ1n) is 9.09. The number of carbonyl (C=O) groups is 1. The maximum atomic E-state index is 12.7. The molecule has 0 aromatic heterocycles. The number of nitrogens with one attached hydrogen (secondary N) is 1. The van der Waals surface area contributed by atoms with Gasteiger partial charge in [-0.2, -0.15) is 0 Å². The van der Waals surface area contributed by atoms with Gasteiger partial charge in [-0.15, -0.1) is 12.4 Å². The van der Waals surface area contributed by atoms with E-state index in [9.17, 15) is 4.79 Å². The highest BCUT2D eigenvalue weighted by molar-refractivity contribution is 5.85. The van der Waals surface area contributed by atoms with Crippen LogP contribution in [0.25, 0.3) is 0 Å². The molecule has 1 saturated carbocycles. The molecule has 3 N–H and O–H groups in total. The number of halogens is 1. The quantitative estimate of drug-likeness (QED) is 0.767. The van der Waals surface area contributed by atoms with E-state index in [1.54, 1.807) is 0 Å². The Bertz CT molecular complexity index is 543. The number of ether oxygens (including phenoxy) is 1. The first-order chi connectivity index (χ1) is 11.3. The van der Waals surface area contributed by atoms with Crippen molar-refractivity contribution in [3.05, 3.63) is 29.8 Å². The van der Waals surface area contributed by atoms with Crippen LogP contribution in [0, 0.1) is 17.8 Å². The predicted octanol–water partition coefficient (Wildman–Crippen LogP) is 3.87. The lowest BCUT2D eigenvalue weighted by Gasteiger charge is -2.30. The van der Waals surface area contributed by atoms with Gasteiger partial charge in [-0.3, -0.25) is 4.79 Å². The molecule has 1 aromatic rings. The number of rotatable bonds is 7. The maximum absolute atomic E-state index is 12.7. The van der Waals surface area contributed by atoms with Gasteiger partial charge in [0.15, 0.2) is 0 Å². The van der Waals surface area contributed by atoms with Crippen molar-refractivity contribution in [3.8, 4) is 5.75 Å². The minimum atomic E-state index is -0.407. The fourth-order valence-corrected chi connectivity index (χ4v) is 3.37. The van der Waals surface area contributed by atoms with Crippen LogP contribution in [0.5, 0.6) is 5.75 Å². The van der Waals surface area contributed by atoms with Crippen molar-refractivity contribution in [1.82, 2.24) is 5.32 Å². The molecule has 4 nitrogen and oxygen atoms in total. The third-order valence-electron chi connectivity index (χ3n) is 4.89. The molecule has 142 valence electrons. The summed E-state index contributed by atoms with van der Waals surface area (Å²) in [6.07, 6.45) is 3.12. The summed E-state index contributed by atoms with van der Waals surface area (Å²) in [5, 5.41) is 3.21. The van der Waals surface area contributed by atoms with Crippen molar-refractivity contribution in [3.63, 3.8) is 0 Å². The molecule has 0 saturated heterocycles. The van der Waals surface area contributed by atoms with Gasteiger partial charge in [-0.05, 0) is 62.8 Å². The summed E-state index contributed by atoms with van der Waals surface area (Å²) >= 11 is 0. The lowest BCUT2D eigenvalue weighted by molar-refractivity contribution is -0.127. The Kier molecular flexibility index (Phi) is 8.23. The van der Waals surface area contributed by atoms with Crippen molar-refractivity contribution in [1.29, 1.82) is 0 Å². The van der Waals surface area contributed by atoms with E-state index in [1.165, 1.54) is 0 Å². The second-order valence-electron chi connectivity index (χ2n) is 7.88. The Morgan fingerprint density at radius 1 is 1.28 bits per heavy atom. The summed E-state index contributed by atoms with van der Waals surface area (Å²) in [5.41, 5.74) is 6.48. The normalized spacial score (nSPS) is 20.2. The summed E-state index contributed by atoms with van der Waals surface area (Å²) in [6.45, 7) is 9.65. The molecule has 0 unspecified atom stereocenters. The van der Waals surface area contributed by atoms with Crippen LogP contribution in [-0.4, -0.2) is 19.1 Å². The van der Waals surface area contributed by atoms with Crippen LogP contribution in [0.3, 0.4) is 0 Å². The Morgan fingerprint density at radius 2 is 1.92 bits per heavy atom. The minimum absolute atomic E-state index is 0. The fraction of sp³-hybridized carbons (Fsp3) is 0.650. The number of hydrogen-bond acceptors (Lipinski definition) is 3. The Labute approximate surface area is 158 Å². The number of hydrogen-bond donors (Lipinski definition) is 2. The molecule has 1 aromatic carbocycles. The molecule has 25 heavy (non-hydrogen) atoms. The molecule has 0 heterocycles. The Balaban J connectivity index is 0.00000312. The van der Waals surface area contributed by atoms with E-state index >= 15 is 0 Å². The molecule has 1 fully saturated rings. The number of benzene rings is 1. The van der Waals surface area contributed by atoms with Crippen molar-refractivity contribution in [2.45, 2.75) is 52.5 Å². The summed E-state index contributed by atoms with van der Waals surface area (Å²) in [5.74, 6) is 1.89. The van der Waals surface area contributed by atoms with Gasteiger partial charge in [0.2, 0.25) is 5.91 Å². The minimum Gasteiger partial charge on any atom is -0.493 e. The summed E-state index contributed by atoms with van der Waals surface area (Å²) < 4.78 is 5.72. The topological polar surface area (TPSA) is 64.3 Å². The predicted molar refractivity (Wildman–Crippen MR) is 105 cm³/mol. The molecule has 2 atom stereocenters. The van der Waals surface area contributed by atoms with Gasteiger partial charge in [0.1, 0.15) is 5.75 Å². The van der Waals surface area contributed by atoms with E-state index < -0.39 is 5.54 Å². The zero-order valence-corrected chi connectivity index (χ0v) is 16.7. The van der Waals surface area contributed by atoms with Crippen LogP contribution in [0.4, 0.5) is 0 Å². The smallest absolute Gasteiger partial charge is 0.224 e. The van der Waals surface area contributed by atoms with Gasteiger partial charge in [0, 0.05) is 5.92 Å². The monoisotopic (exact) mass is 368 g/mol. The fourth-order valence-electron chi connectivity index (χ4n) is 3.37.